The van der Waals surface area contributed by atoms with E-state index in [1.54, 1.807) is 0 Å². The van der Waals surface area contributed by atoms with Crippen molar-refractivity contribution in [3.8, 4) is 0 Å². The molecule has 0 spiro atoms. The van der Waals surface area contributed by atoms with Crippen molar-refractivity contribution in [3.63, 3.8) is 0 Å². The first-order valence-corrected chi connectivity index (χ1v) is 8.08. The maximum atomic E-state index is 13.3. The van der Waals surface area contributed by atoms with Gasteiger partial charge in [-0.2, -0.15) is 0 Å². The fraction of sp³-hybridized carbons (Fsp3) is 1.00. The van der Waals surface area contributed by atoms with E-state index in [1.165, 1.54) is 0 Å². The van der Waals surface area contributed by atoms with Crippen LogP contribution in [0.15, 0.2) is 0 Å². The van der Waals surface area contributed by atoms with Gasteiger partial charge in [-0.25, -0.2) is 52.3 Å². The van der Waals surface area contributed by atoms with Crippen molar-refractivity contribution in [3.05, 3.63) is 0 Å². The molecule has 0 aliphatic rings. The third kappa shape index (κ3) is 8.22. The van der Waals surface area contributed by atoms with Gasteiger partial charge in [-0.3, -0.25) is 0 Å². The normalized spacial score (nSPS) is 22.9. The Morgan fingerprint density at radius 1 is 0.615 bits per heavy atom. The van der Waals surface area contributed by atoms with Gasteiger partial charge in [-0.1, -0.05) is 0 Å². The van der Waals surface area contributed by atoms with Gasteiger partial charge in [0.1, 0.15) is 12.8 Å². The van der Waals surface area contributed by atoms with Crippen LogP contribution < -0.4 is 18.9 Å². The van der Waals surface area contributed by atoms with Crippen molar-refractivity contribution >= 4 is 10.1 Å². The molecule has 0 aliphatic heterocycles. The zero-order chi connectivity index (χ0) is 20.1. The SMILES string of the molecule is O=S(=O)([O-])CC(F)C(F)C(F)C(F)C(F)C(F)C(F)C(F)C(F)CF.[Li+]. The van der Waals surface area contributed by atoms with E-state index in [0.29, 0.717) is 0 Å². The molecule has 0 radical (unpaired) electrons. The van der Waals surface area contributed by atoms with Crippen LogP contribution in [-0.2, 0) is 10.1 Å². The van der Waals surface area contributed by atoms with E-state index < -0.39 is 78.1 Å². The molecule has 0 aromatic rings. The molecule has 3 nitrogen and oxygen atoms in total. The van der Waals surface area contributed by atoms with Crippen LogP contribution in [-0.4, -0.2) is 80.9 Å². The molecule has 9 atom stereocenters. The first kappa shape index (κ1) is 28.0. The summed E-state index contributed by atoms with van der Waals surface area (Å²) in [6, 6.07) is 0. The minimum Gasteiger partial charge on any atom is -0.748 e. The van der Waals surface area contributed by atoms with Gasteiger partial charge in [0.05, 0.1) is 15.9 Å². The molecule has 0 aliphatic carbocycles. The third-order valence-corrected chi connectivity index (χ3v) is 3.75. The van der Waals surface area contributed by atoms with Crippen LogP contribution in [0.5, 0.6) is 0 Å². The molecular weight excluding hydrogens is 409 g/mol. The largest absolute Gasteiger partial charge is 1.00 e. The molecule has 0 saturated carbocycles. The predicted molar refractivity (Wildman–Crippen MR) is 64.6 cm³/mol. The van der Waals surface area contributed by atoms with E-state index in [-0.39, 0.29) is 18.9 Å². The molecule has 0 saturated heterocycles. The van der Waals surface area contributed by atoms with Crippen molar-refractivity contribution in [2.45, 2.75) is 55.5 Å². The summed E-state index contributed by atoms with van der Waals surface area (Å²) in [4.78, 5) is 0. The summed E-state index contributed by atoms with van der Waals surface area (Å²) >= 11 is 0. The summed E-state index contributed by atoms with van der Waals surface area (Å²) in [5.74, 6) is -2.14. The topological polar surface area (TPSA) is 57.2 Å². The number of alkyl halides is 10. The van der Waals surface area contributed by atoms with Crippen LogP contribution in [0.2, 0.25) is 0 Å². The first-order valence-electron chi connectivity index (χ1n) is 6.50. The van der Waals surface area contributed by atoms with E-state index in [2.05, 4.69) is 0 Å². The van der Waals surface area contributed by atoms with Crippen molar-refractivity contribution < 1.29 is 75.7 Å². The molecule has 26 heavy (non-hydrogen) atoms. The molecule has 0 amide bonds. The summed E-state index contributed by atoms with van der Waals surface area (Å²) in [5.41, 5.74) is 0. The Morgan fingerprint density at radius 3 is 1.15 bits per heavy atom. The Hall–Kier alpha value is -0.193. The van der Waals surface area contributed by atoms with Gasteiger partial charge >= 0.3 is 18.9 Å². The molecule has 0 aromatic heterocycles. The smallest absolute Gasteiger partial charge is 0.748 e. The zero-order valence-corrected chi connectivity index (χ0v) is 13.8. The van der Waals surface area contributed by atoms with E-state index in [9.17, 15) is 56.9 Å². The second-order valence-electron chi connectivity index (χ2n) is 5.02. The van der Waals surface area contributed by atoms with Crippen LogP contribution in [0, 0.1) is 0 Å². The summed E-state index contributed by atoms with van der Waals surface area (Å²) in [5, 5.41) is 0. The predicted octanol–water partition coefficient (Wildman–Crippen LogP) is -0.452. The minimum absolute atomic E-state index is 0. The van der Waals surface area contributed by atoms with E-state index in [0.717, 1.165) is 0 Å². The van der Waals surface area contributed by atoms with E-state index >= 15 is 0 Å². The quantitative estimate of drug-likeness (QED) is 0.258. The molecule has 0 bridgehead atoms. The fourth-order valence-corrected chi connectivity index (χ4v) is 2.22. The Bertz CT molecular complexity index is 501. The molecule has 0 rings (SSSR count). The number of hydrogen-bond acceptors (Lipinski definition) is 3. The van der Waals surface area contributed by atoms with Crippen LogP contribution in [0.1, 0.15) is 0 Å². The minimum atomic E-state index is -5.41. The number of rotatable bonds is 11. The zero-order valence-electron chi connectivity index (χ0n) is 13.0. The van der Waals surface area contributed by atoms with Crippen LogP contribution >= 0.6 is 0 Å². The Kier molecular flexibility index (Phi) is 12.5. The fourth-order valence-electron chi connectivity index (χ4n) is 1.65. The van der Waals surface area contributed by atoms with E-state index in [4.69, 9.17) is 0 Å². The average Bonchev–Trinajstić information content (AvgIpc) is 2.54. The van der Waals surface area contributed by atoms with Crippen molar-refractivity contribution in [2.75, 3.05) is 12.4 Å². The first-order chi connectivity index (χ1) is 11.2. The maximum Gasteiger partial charge on any atom is 1.00 e. The van der Waals surface area contributed by atoms with Crippen LogP contribution in [0.25, 0.3) is 0 Å². The van der Waals surface area contributed by atoms with Gasteiger partial charge in [0, 0.05) is 0 Å². The van der Waals surface area contributed by atoms with Crippen molar-refractivity contribution in [1.29, 1.82) is 0 Å². The average molecular weight is 422 g/mol. The standard InChI is InChI=1S/C11H14F10O3S.Li/c12-1-3(13)5(15)7(17)9(19)11(21)10(20)8(18)6(16)4(14)2-25(22,23)24;/h3-11H,1-2H2,(H,22,23,24);/q;+1/p-1. The molecule has 9 unspecified atom stereocenters. The number of hydrogen-bond donors (Lipinski definition) is 0. The Morgan fingerprint density at radius 2 is 0.885 bits per heavy atom. The molecule has 152 valence electrons. The molecule has 0 N–H and O–H groups in total. The second-order valence-corrected chi connectivity index (χ2v) is 6.47. The monoisotopic (exact) mass is 422 g/mol. The summed E-state index contributed by atoms with van der Waals surface area (Å²) in [6.07, 6.45) is -33.5. The van der Waals surface area contributed by atoms with Crippen LogP contribution in [0.4, 0.5) is 43.9 Å². The number of halogens is 10. The molecular formula is C11H13F10LiO3S. The van der Waals surface area contributed by atoms with Gasteiger partial charge in [0.25, 0.3) is 0 Å². The summed E-state index contributed by atoms with van der Waals surface area (Å²) < 4.78 is 160. The molecule has 15 heteroatoms. The Labute approximate surface area is 154 Å². The molecule has 0 aromatic carbocycles. The van der Waals surface area contributed by atoms with Gasteiger partial charge in [0.15, 0.2) is 49.4 Å². The van der Waals surface area contributed by atoms with Crippen molar-refractivity contribution in [1.82, 2.24) is 0 Å². The van der Waals surface area contributed by atoms with Crippen LogP contribution in [0.3, 0.4) is 0 Å². The Balaban J connectivity index is 0. The molecule has 0 fully saturated rings. The second kappa shape index (κ2) is 11.6. The van der Waals surface area contributed by atoms with E-state index in [1.807, 2.05) is 0 Å². The summed E-state index contributed by atoms with van der Waals surface area (Å²) in [7, 11) is -5.41. The van der Waals surface area contributed by atoms with Gasteiger partial charge in [0.2, 0.25) is 0 Å². The molecule has 0 heterocycles. The maximum absolute atomic E-state index is 13.3. The van der Waals surface area contributed by atoms with Gasteiger partial charge in [-0.05, 0) is 0 Å². The van der Waals surface area contributed by atoms with Gasteiger partial charge < -0.3 is 4.55 Å². The summed E-state index contributed by atoms with van der Waals surface area (Å²) in [6.45, 7) is -2.13. The third-order valence-electron chi connectivity index (χ3n) is 3.03. The van der Waals surface area contributed by atoms with Crippen molar-refractivity contribution in [2.24, 2.45) is 0 Å². The van der Waals surface area contributed by atoms with Gasteiger partial charge in [-0.15, -0.1) is 0 Å².